The number of carbonyl (C=O) groups excluding carboxylic acids is 1. The predicted molar refractivity (Wildman–Crippen MR) is 149 cm³/mol. The minimum absolute atomic E-state index is 0.114. The molecule has 3 aromatic carbocycles. The fourth-order valence-corrected chi connectivity index (χ4v) is 5.51. The largest absolute Gasteiger partial charge is 0.355 e. The van der Waals surface area contributed by atoms with Crippen LogP contribution in [0.5, 0.6) is 0 Å². The van der Waals surface area contributed by atoms with E-state index in [0.717, 1.165) is 29.6 Å². The number of carbonyl (C=O) groups is 1. The van der Waals surface area contributed by atoms with Crippen molar-refractivity contribution >= 4 is 34.6 Å². The van der Waals surface area contributed by atoms with Crippen LogP contribution in [-0.4, -0.2) is 47.9 Å². The number of halogens is 1. The normalized spacial score (nSPS) is 17.6. The molecule has 0 atom stereocenters. The Bertz CT molecular complexity index is 1130. The fourth-order valence-electron chi connectivity index (χ4n) is 5.32. The standard InChI is InChI=1S/C30H35ClN4O/c31-25-5-4-6-28(21-25)32-26-13-9-24(10-14-26)30(36)33-27-11-7-23(8-12-27)22-34-19-15-29(16-20-34)35-17-2-1-3-18-35/h4-14,21,29,32H,1-3,15-20,22H2,(H,33,36). The zero-order valence-electron chi connectivity index (χ0n) is 20.8. The predicted octanol–water partition coefficient (Wildman–Crippen LogP) is 6.79. The highest BCUT2D eigenvalue weighted by atomic mass is 35.5. The lowest BCUT2D eigenvalue weighted by atomic mass is 9.99. The first-order valence-electron chi connectivity index (χ1n) is 13.1. The van der Waals surface area contributed by atoms with Crippen LogP contribution in [0.3, 0.4) is 0 Å². The molecule has 2 heterocycles. The molecule has 188 valence electrons. The Morgan fingerprint density at radius 2 is 1.50 bits per heavy atom. The minimum atomic E-state index is -0.114. The molecule has 1 amide bonds. The van der Waals surface area contributed by atoms with E-state index in [1.165, 1.54) is 63.8 Å². The van der Waals surface area contributed by atoms with Crippen LogP contribution in [0.2, 0.25) is 5.02 Å². The van der Waals surface area contributed by atoms with Gasteiger partial charge < -0.3 is 15.5 Å². The number of piperidine rings is 2. The van der Waals surface area contributed by atoms with Crippen molar-refractivity contribution in [2.45, 2.75) is 44.7 Å². The van der Waals surface area contributed by atoms with Crippen molar-refractivity contribution in [2.24, 2.45) is 0 Å². The van der Waals surface area contributed by atoms with E-state index in [-0.39, 0.29) is 5.91 Å². The Hall–Kier alpha value is -2.86. The first-order valence-corrected chi connectivity index (χ1v) is 13.5. The maximum absolute atomic E-state index is 12.7. The second-order valence-electron chi connectivity index (χ2n) is 9.97. The number of anilines is 3. The molecule has 0 aromatic heterocycles. The van der Waals surface area contributed by atoms with E-state index in [4.69, 9.17) is 11.6 Å². The Morgan fingerprint density at radius 3 is 2.19 bits per heavy atom. The van der Waals surface area contributed by atoms with E-state index in [1.807, 2.05) is 60.7 Å². The van der Waals surface area contributed by atoms with Gasteiger partial charge in [-0.05, 0) is 112 Å². The van der Waals surface area contributed by atoms with Gasteiger partial charge in [-0.3, -0.25) is 9.69 Å². The van der Waals surface area contributed by atoms with Crippen LogP contribution in [0.1, 0.15) is 48.0 Å². The molecule has 6 heteroatoms. The molecule has 0 radical (unpaired) electrons. The summed E-state index contributed by atoms with van der Waals surface area (Å²) >= 11 is 6.05. The van der Waals surface area contributed by atoms with E-state index in [1.54, 1.807) is 0 Å². The van der Waals surface area contributed by atoms with Crippen molar-refractivity contribution in [3.05, 3.63) is 88.9 Å². The van der Waals surface area contributed by atoms with Gasteiger partial charge in [0, 0.05) is 40.2 Å². The molecule has 2 saturated heterocycles. The van der Waals surface area contributed by atoms with Crippen LogP contribution < -0.4 is 10.6 Å². The topological polar surface area (TPSA) is 47.6 Å². The van der Waals surface area contributed by atoms with Gasteiger partial charge in [-0.2, -0.15) is 0 Å². The van der Waals surface area contributed by atoms with Crippen molar-refractivity contribution in [3.63, 3.8) is 0 Å². The summed E-state index contributed by atoms with van der Waals surface area (Å²) in [4.78, 5) is 18.0. The molecule has 5 nitrogen and oxygen atoms in total. The van der Waals surface area contributed by atoms with Crippen LogP contribution in [-0.2, 0) is 6.54 Å². The molecule has 0 bridgehead atoms. The smallest absolute Gasteiger partial charge is 0.255 e. The van der Waals surface area contributed by atoms with Crippen molar-refractivity contribution < 1.29 is 4.79 Å². The zero-order chi connectivity index (χ0) is 24.7. The summed E-state index contributed by atoms with van der Waals surface area (Å²) < 4.78 is 0. The average molecular weight is 503 g/mol. The average Bonchev–Trinajstić information content (AvgIpc) is 2.91. The van der Waals surface area contributed by atoms with Gasteiger partial charge in [0.15, 0.2) is 0 Å². The number of hydrogen-bond acceptors (Lipinski definition) is 4. The van der Waals surface area contributed by atoms with Crippen LogP contribution in [0, 0.1) is 0 Å². The van der Waals surface area contributed by atoms with E-state index in [9.17, 15) is 4.79 Å². The summed E-state index contributed by atoms with van der Waals surface area (Å²) in [5, 5.41) is 6.99. The number of rotatable bonds is 7. The molecule has 2 fully saturated rings. The van der Waals surface area contributed by atoms with Gasteiger partial charge in [0.1, 0.15) is 0 Å². The molecule has 0 spiro atoms. The molecule has 0 saturated carbocycles. The first-order chi connectivity index (χ1) is 17.6. The fraction of sp³-hybridized carbons (Fsp3) is 0.367. The molecule has 36 heavy (non-hydrogen) atoms. The van der Waals surface area contributed by atoms with Crippen LogP contribution in [0.15, 0.2) is 72.8 Å². The molecule has 5 rings (SSSR count). The highest BCUT2D eigenvalue weighted by molar-refractivity contribution is 6.30. The van der Waals surface area contributed by atoms with Crippen LogP contribution in [0.4, 0.5) is 17.1 Å². The van der Waals surface area contributed by atoms with Crippen molar-refractivity contribution in [2.75, 3.05) is 36.8 Å². The number of amides is 1. The lowest BCUT2D eigenvalue weighted by molar-refractivity contribution is 0.0896. The zero-order valence-corrected chi connectivity index (χ0v) is 21.5. The van der Waals surface area contributed by atoms with Gasteiger partial charge in [0.05, 0.1) is 0 Å². The summed E-state index contributed by atoms with van der Waals surface area (Å²) in [6, 6.07) is 24.0. The lowest BCUT2D eigenvalue weighted by Gasteiger charge is -2.40. The lowest BCUT2D eigenvalue weighted by Crippen LogP contribution is -2.46. The number of nitrogens with zero attached hydrogens (tertiary/aromatic N) is 2. The SMILES string of the molecule is O=C(Nc1ccc(CN2CCC(N3CCCCC3)CC2)cc1)c1ccc(Nc2cccc(Cl)c2)cc1. The van der Waals surface area contributed by atoms with Gasteiger partial charge in [-0.25, -0.2) is 0 Å². The number of hydrogen-bond donors (Lipinski definition) is 2. The van der Waals surface area contributed by atoms with Crippen LogP contribution in [0.25, 0.3) is 0 Å². The maximum Gasteiger partial charge on any atom is 0.255 e. The van der Waals surface area contributed by atoms with Crippen LogP contribution >= 0.6 is 11.6 Å². The summed E-state index contributed by atoms with van der Waals surface area (Å²) in [6.45, 7) is 5.90. The highest BCUT2D eigenvalue weighted by Gasteiger charge is 2.25. The van der Waals surface area contributed by atoms with Crippen molar-refractivity contribution in [1.29, 1.82) is 0 Å². The summed E-state index contributed by atoms with van der Waals surface area (Å²) in [7, 11) is 0. The van der Waals surface area contributed by atoms with E-state index in [2.05, 4.69) is 32.6 Å². The van der Waals surface area contributed by atoms with Gasteiger partial charge in [-0.1, -0.05) is 36.2 Å². The molecule has 3 aromatic rings. The highest BCUT2D eigenvalue weighted by Crippen LogP contribution is 2.23. The molecule has 0 unspecified atom stereocenters. The summed E-state index contributed by atoms with van der Waals surface area (Å²) in [5.74, 6) is -0.114. The van der Waals surface area contributed by atoms with Crippen molar-refractivity contribution in [1.82, 2.24) is 9.80 Å². The maximum atomic E-state index is 12.7. The number of benzene rings is 3. The Labute approximate surface area is 219 Å². The number of nitrogens with one attached hydrogen (secondary N) is 2. The summed E-state index contributed by atoms with van der Waals surface area (Å²) in [5.41, 5.74) is 4.53. The summed E-state index contributed by atoms with van der Waals surface area (Å²) in [6.07, 6.45) is 6.70. The molecule has 2 aliphatic rings. The Morgan fingerprint density at radius 1 is 0.806 bits per heavy atom. The van der Waals surface area contributed by atoms with Gasteiger partial charge in [0.25, 0.3) is 5.91 Å². The second kappa shape index (κ2) is 11.9. The molecular formula is C30H35ClN4O. The molecule has 2 aliphatic heterocycles. The van der Waals surface area contributed by atoms with E-state index < -0.39 is 0 Å². The van der Waals surface area contributed by atoms with Gasteiger partial charge >= 0.3 is 0 Å². The minimum Gasteiger partial charge on any atom is -0.355 e. The quantitative estimate of drug-likeness (QED) is 0.373. The third-order valence-electron chi connectivity index (χ3n) is 7.34. The van der Waals surface area contributed by atoms with Gasteiger partial charge in [-0.15, -0.1) is 0 Å². The molecular weight excluding hydrogens is 468 g/mol. The van der Waals surface area contributed by atoms with Crippen molar-refractivity contribution in [3.8, 4) is 0 Å². The van der Waals surface area contributed by atoms with E-state index >= 15 is 0 Å². The van der Waals surface area contributed by atoms with Gasteiger partial charge in [0.2, 0.25) is 0 Å². The number of likely N-dealkylation sites (tertiary alicyclic amines) is 2. The molecule has 0 aliphatic carbocycles. The third-order valence-corrected chi connectivity index (χ3v) is 7.58. The molecule has 2 N–H and O–H groups in total. The van der Waals surface area contributed by atoms with E-state index in [0.29, 0.717) is 10.6 Å². The first kappa shape index (κ1) is 24.8. The second-order valence-corrected chi connectivity index (χ2v) is 10.4. The Balaban J connectivity index is 1.09. The Kier molecular flexibility index (Phi) is 8.22. The monoisotopic (exact) mass is 502 g/mol. The third kappa shape index (κ3) is 6.67.